The number of hydrogen-bond acceptors (Lipinski definition) is 4. The molecule has 1 aromatic heterocycles. The van der Waals surface area contributed by atoms with Gasteiger partial charge in [0.2, 0.25) is 0 Å². The fraction of sp³-hybridized carbons (Fsp3) is 0.278. The molecule has 7 heteroatoms. The molecular weight excluding hydrogens is 324 g/mol. The fourth-order valence-corrected chi connectivity index (χ4v) is 2.16. The zero-order valence-electron chi connectivity index (χ0n) is 13.9. The molecule has 0 radical (unpaired) electrons. The van der Waals surface area contributed by atoms with Crippen LogP contribution in [0.1, 0.15) is 28.8 Å². The Bertz CT molecular complexity index is 796. The first-order valence-electron chi connectivity index (χ1n) is 7.85. The number of nitrogens with zero attached hydrogens (tertiary/aromatic N) is 1. The van der Waals surface area contributed by atoms with Crippen molar-refractivity contribution < 1.29 is 19.4 Å². The van der Waals surface area contributed by atoms with E-state index in [1.54, 1.807) is 43.6 Å². The summed E-state index contributed by atoms with van der Waals surface area (Å²) in [5.74, 6) is -0.629. The summed E-state index contributed by atoms with van der Waals surface area (Å²) in [6.07, 6.45) is 2.11. The Hall–Kier alpha value is -3.09. The van der Waals surface area contributed by atoms with Gasteiger partial charge in [-0.1, -0.05) is 12.1 Å². The Morgan fingerprint density at radius 2 is 1.92 bits per heavy atom. The number of aryl methyl sites for hydroxylation is 1. The SMILES string of the molecule is Cn1cccc(C(=O)NCc2ccc(OCCCC(=O)O)cc2)c1=O. The Labute approximate surface area is 144 Å². The molecule has 2 aromatic rings. The number of carbonyl (C=O) groups excluding carboxylic acids is 1. The number of hydrogen-bond donors (Lipinski definition) is 2. The molecular formula is C18H20N2O5. The van der Waals surface area contributed by atoms with E-state index in [1.807, 2.05) is 0 Å². The molecule has 0 bridgehead atoms. The Kier molecular flexibility index (Phi) is 6.33. The molecule has 1 aromatic carbocycles. The van der Waals surface area contributed by atoms with E-state index in [9.17, 15) is 14.4 Å². The van der Waals surface area contributed by atoms with Crippen LogP contribution in [0, 0.1) is 0 Å². The number of carbonyl (C=O) groups is 2. The molecule has 0 aliphatic carbocycles. The molecule has 0 aliphatic heterocycles. The summed E-state index contributed by atoms with van der Waals surface area (Å²) in [6, 6.07) is 10.2. The minimum absolute atomic E-state index is 0.0725. The van der Waals surface area contributed by atoms with Crippen molar-refractivity contribution in [3.63, 3.8) is 0 Å². The van der Waals surface area contributed by atoms with Crippen LogP contribution >= 0.6 is 0 Å². The zero-order valence-corrected chi connectivity index (χ0v) is 13.9. The Balaban J connectivity index is 1.85. The lowest BCUT2D eigenvalue weighted by molar-refractivity contribution is -0.137. The van der Waals surface area contributed by atoms with Crippen molar-refractivity contribution in [1.29, 1.82) is 0 Å². The highest BCUT2D eigenvalue weighted by Crippen LogP contribution is 2.12. The number of carboxylic acids is 1. The van der Waals surface area contributed by atoms with Gasteiger partial charge in [-0.15, -0.1) is 0 Å². The normalized spacial score (nSPS) is 10.3. The number of benzene rings is 1. The van der Waals surface area contributed by atoms with Crippen molar-refractivity contribution >= 4 is 11.9 Å². The van der Waals surface area contributed by atoms with E-state index in [4.69, 9.17) is 9.84 Å². The van der Waals surface area contributed by atoms with Crippen LogP contribution in [-0.2, 0) is 18.4 Å². The average molecular weight is 344 g/mol. The van der Waals surface area contributed by atoms with Gasteiger partial charge in [0.25, 0.3) is 11.5 Å². The molecule has 7 nitrogen and oxygen atoms in total. The second kappa shape index (κ2) is 8.68. The van der Waals surface area contributed by atoms with Crippen molar-refractivity contribution in [2.75, 3.05) is 6.61 Å². The molecule has 2 rings (SSSR count). The summed E-state index contributed by atoms with van der Waals surface area (Å²) >= 11 is 0. The highest BCUT2D eigenvalue weighted by molar-refractivity contribution is 5.93. The van der Waals surface area contributed by atoms with Crippen LogP contribution in [0.2, 0.25) is 0 Å². The van der Waals surface area contributed by atoms with Gasteiger partial charge >= 0.3 is 5.97 Å². The molecule has 0 atom stereocenters. The summed E-state index contributed by atoms with van der Waals surface area (Å²) in [4.78, 5) is 34.4. The van der Waals surface area contributed by atoms with Gasteiger partial charge in [0.05, 0.1) is 6.61 Å². The van der Waals surface area contributed by atoms with Crippen molar-refractivity contribution in [3.8, 4) is 5.75 Å². The van der Waals surface area contributed by atoms with E-state index in [2.05, 4.69) is 5.32 Å². The number of aromatic nitrogens is 1. The molecule has 0 aliphatic rings. The molecule has 1 amide bonds. The van der Waals surface area contributed by atoms with Crippen molar-refractivity contribution in [2.45, 2.75) is 19.4 Å². The van der Waals surface area contributed by atoms with Gasteiger partial charge in [0, 0.05) is 26.2 Å². The number of pyridine rings is 1. The fourth-order valence-electron chi connectivity index (χ4n) is 2.16. The number of nitrogens with one attached hydrogen (secondary N) is 1. The summed E-state index contributed by atoms with van der Waals surface area (Å²) in [5.41, 5.74) is 0.618. The van der Waals surface area contributed by atoms with E-state index < -0.39 is 11.9 Å². The monoisotopic (exact) mass is 344 g/mol. The minimum Gasteiger partial charge on any atom is -0.494 e. The van der Waals surface area contributed by atoms with Gasteiger partial charge < -0.3 is 19.7 Å². The molecule has 2 N–H and O–H groups in total. The van der Waals surface area contributed by atoms with Gasteiger partial charge in [0.1, 0.15) is 11.3 Å². The van der Waals surface area contributed by atoms with Gasteiger partial charge in [-0.05, 0) is 36.2 Å². The van der Waals surface area contributed by atoms with Crippen LogP contribution in [0.3, 0.4) is 0 Å². The highest BCUT2D eigenvalue weighted by Gasteiger charge is 2.10. The lowest BCUT2D eigenvalue weighted by Gasteiger charge is -2.08. The van der Waals surface area contributed by atoms with E-state index in [1.165, 1.54) is 10.6 Å². The number of amides is 1. The first kappa shape index (κ1) is 18.3. The van der Waals surface area contributed by atoms with Crippen LogP contribution in [0.15, 0.2) is 47.4 Å². The lowest BCUT2D eigenvalue weighted by Crippen LogP contribution is -2.31. The third-order valence-corrected chi connectivity index (χ3v) is 3.55. The predicted octanol–water partition coefficient (Wildman–Crippen LogP) is 1.56. The van der Waals surface area contributed by atoms with Crippen LogP contribution < -0.4 is 15.6 Å². The van der Waals surface area contributed by atoms with Crippen LogP contribution in [-0.4, -0.2) is 28.2 Å². The zero-order chi connectivity index (χ0) is 18.2. The van der Waals surface area contributed by atoms with Gasteiger partial charge in [0.15, 0.2) is 0 Å². The Morgan fingerprint density at radius 1 is 1.20 bits per heavy atom. The van der Waals surface area contributed by atoms with Crippen LogP contribution in [0.25, 0.3) is 0 Å². The molecule has 25 heavy (non-hydrogen) atoms. The maximum atomic E-state index is 12.1. The van der Waals surface area contributed by atoms with Crippen molar-refractivity contribution in [3.05, 3.63) is 64.1 Å². The molecule has 0 unspecified atom stereocenters. The van der Waals surface area contributed by atoms with Crippen LogP contribution in [0.4, 0.5) is 0 Å². The molecule has 0 spiro atoms. The van der Waals surface area contributed by atoms with Crippen molar-refractivity contribution in [2.24, 2.45) is 7.05 Å². The van der Waals surface area contributed by atoms with E-state index in [0.717, 1.165) is 5.56 Å². The maximum Gasteiger partial charge on any atom is 0.303 e. The molecule has 0 fully saturated rings. The third kappa shape index (κ3) is 5.49. The van der Waals surface area contributed by atoms with Gasteiger partial charge in [-0.25, -0.2) is 0 Å². The maximum absolute atomic E-state index is 12.1. The number of aliphatic carboxylic acids is 1. The molecule has 0 saturated carbocycles. The van der Waals surface area contributed by atoms with E-state index in [0.29, 0.717) is 18.8 Å². The topological polar surface area (TPSA) is 97.6 Å². The van der Waals surface area contributed by atoms with Gasteiger partial charge in [-0.3, -0.25) is 14.4 Å². The van der Waals surface area contributed by atoms with Gasteiger partial charge in [-0.2, -0.15) is 0 Å². The molecule has 0 saturated heterocycles. The largest absolute Gasteiger partial charge is 0.494 e. The third-order valence-electron chi connectivity index (χ3n) is 3.55. The summed E-state index contributed by atoms with van der Waals surface area (Å²) in [6.45, 7) is 0.621. The molecule has 132 valence electrons. The smallest absolute Gasteiger partial charge is 0.303 e. The summed E-state index contributed by atoms with van der Waals surface area (Å²) in [5, 5.41) is 11.3. The lowest BCUT2D eigenvalue weighted by atomic mass is 10.2. The van der Waals surface area contributed by atoms with Crippen LogP contribution in [0.5, 0.6) is 5.75 Å². The summed E-state index contributed by atoms with van der Waals surface area (Å²) < 4.78 is 6.79. The minimum atomic E-state index is -0.845. The predicted molar refractivity (Wildman–Crippen MR) is 91.7 cm³/mol. The van der Waals surface area contributed by atoms with E-state index in [-0.39, 0.29) is 24.1 Å². The average Bonchev–Trinajstić information content (AvgIpc) is 2.60. The molecule has 1 heterocycles. The van der Waals surface area contributed by atoms with Crippen molar-refractivity contribution in [1.82, 2.24) is 9.88 Å². The highest BCUT2D eigenvalue weighted by atomic mass is 16.5. The second-order valence-electron chi connectivity index (χ2n) is 5.51. The first-order valence-corrected chi connectivity index (χ1v) is 7.85. The second-order valence-corrected chi connectivity index (χ2v) is 5.51. The quantitative estimate of drug-likeness (QED) is 0.708. The van der Waals surface area contributed by atoms with E-state index >= 15 is 0 Å². The summed E-state index contributed by atoms with van der Waals surface area (Å²) in [7, 11) is 1.59. The first-order chi connectivity index (χ1) is 12.0. The number of rotatable bonds is 8. The Morgan fingerprint density at radius 3 is 2.60 bits per heavy atom. The standard InChI is InChI=1S/C18H20N2O5/c1-20-10-2-4-15(18(20)24)17(23)19-12-13-6-8-14(9-7-13)25-11-3-5-16(21)22/h2,4,6-10H,3,5,11-12H2,1H3,(H,19,23)(H,21,22). The number of carboxylic acid groups (broad SMARTS) is 1. The number of ether oxygens (including phenoxy) is 1.